The molecule has 106 valence electrons. The van der Waals surface area contributed by atoms with E-state index in [-0.39, 0.29) is 0 Å². The predicted molar refractivity (Wildman–Crippen MR) is 84.2 cm³/mol. The highest BCUT2D eigenvalue weighted by Gasteiger charge is 2.17. The number of benzene rings is 1. The average molecular weight is 281 g/mol. The van der Waals surface area contributed by atoms with Crippen LogP contribution in [0.25, 0.3) is 0 Å². The number of piperidine rings is 1. The van der Waals surface area contributed by atoms with Crippen LogP contribution in [-0.2, 0) is 0 Å². The highest BCUT2D eigenvalue weighted by molar-refractivity contribution is 6.31. The maximum Gasteiger partial charge on any atom is 0.0474 e. The maximum absolute atomic E-state index is 6.44. The Balaban J connectivity index is 2.10. The lowest BCUT2D eigenvalue weighted by Crippen LogP contribution is -2.32. The molecule has 0 radical (unpaired) electrons. The molecule has 0 aromatic heterocycles. The maximum atomic E-state index is 6.44. The molecule has 2 nitrogen and oxygen atoms in total. The smallest absolute Gasteiger partial charge is 0.0474 e. The zero-order chi connectivity index (χ0) is 13.8. The van der Waals surface area contributed by atoms with E-state index in [1.54, 1.807) is 0 Å². The Morgan fingerprint density at radius 2 is 2.05 bits per heavy atom. The van der Waals surface area contributed by atoms with Crippen LogP contribution in [-0.4, -0.2) is 19.6 Å². The van der Waals surface area contributed by atoms with Gasteiger partial charge in [0.05, 0.1) is 0 Å². The summed E-state index contributed by atoms with van der Waals surface area (Å²) in [6, 6.07) is 6.82. The fraction of sp³-hybridized carbons (Fsp3) is 0.625. The summed E-state index contributed by atoms with van der Waals surface area (Å²) in [5.74, 6) is 0.861. The van der Waals surface area contributed by atoms with E-state index in [0.29, 0.717) is 6.04 Å². The number of hydrogen-bond donors (Lipinski definition) is 1. The summed E-state index contributed by atoms with van der Waals surface area (Å²) in [7, 11) is 0. The number of anilines is 1. The van der Waals surface area contributed by atoms with Gasteiger partial charge in [0.15, 0.2) is 0 Å². The van der Waals surface area contributed by atoms with Crippen molar-refractivity contribution in [2.75, 3.05) is 24.5 Å². The van der Waals surface area contributed by atoms with Gasteiger partial charge in [0, 0.05) is 29.8 Å². The lowest BCUT2D eigenvalue weighted by molar-refractivity contribution is 0.438. The first-order chi connectivity index (χ1) is 9.11. The summed E-state index contributed by atoms with van der Waals surface area (Å²) >= 11 is 6.44. The van der Waals surface area contributed by atoms with E-state index in [4.69, 9.17) is 11.6 Å². The van der Waals surface area contributed by atoms with Crippen molar-refractivity contribution in [3.63, 3.8) is 0 Å². The average Bonchev–Trinajstić information content (AvgIpc) is 2.39. The van der Waals surface area contributed by atoms with Crippen molar-refractivity contribution >= 4 is 17.3 Å². The van der Waals surface area contributed by atoms with Gasteiger partial charge in [-0.15, -0.1) is 0 Å². The normalized spacial score (nSPS) is 18.6. The summed E-state index contributed by atoms with van der Waals surface area (Å²) in [6.45, 7) is 9.88. The van der Waals surface area contributed by atoms with Crippen LogP contribution >= 0.6 is 11.6 Å². The molecule has 1 aliphatic heterocycles. The molecule has 1 saturated heterocycles. The molecule has 1 fully saturated rings. The Kier molecular flexibility index (Phi) is 5.12. The molecule has 1 aliphatic rings. The highest BCUT2D eigenvalue weighted by Crippen LogP contribution is 2.30. The fourth-order valence-corrected chi connectivity index (χ4v) is 3.09. The number of nitrogens with one attached hydrogen (secondary N) is 1. The molecule has 0 saturated carbocycles. The topological polar surface area (TPSA) is 15.3 Å². The van der Waals surface area contributed by atoms with Crippen molar-refractivity contribution in [3.8, 4) is 0 Å². The molecule has 0 aliphatic carbocycles. The van der Waals surface area contributed by atoms with Gasteiger partial charge >= 0.3 is 0 Å². The number of rotatable bonds is 4. The van der Waals surface area contributed by atoms with Crippen LogP contribution in [0, 0.1) is 5.92 Å². The Bertz CT molecular complexity index is 411. The molecule has 0 amide bonds. The molecule has 0 bridgehead atoms. The van der Waals surface area contributed by atoms with Crippen LogP contribution < -0.4 is 10.2 Å². The van der Waals surface area contributed by atoms with Gasteiger partial charge in [-0.2, -0.15) is 0 Å². The minimum absolute atomic E-state index is 0.313. The monoisotopic (exact) mass is 280 g/mol. The molecule has 0 spiro atoms. The first-order valence-corrected chi connectivity index (χ1v) is 7.77. The van der Waals surface area contributed by atoms with E-state index < -0.39 is 0 Å². The third-order valence-electron chi connectivity index (χ3n) is 4.11. The quantitative estimate of drug-likeness (QED) is 0.887. The molecule has 1 unspecified atom stereocenters. The Morgan fingerprint density at radius 3 is 2.63 bits per heavy atom. The number of hydrogen-bond acceptors (Lipinski definition) is 2. The molecule has 1 aromatic rings. The molecule has 1 aromatic carbocycles. The molecule has 1 atom stereocenters. The van der Waals surface area contributed by atoms with Crippen molar-refractivity contribution in [2.45, 2.75) is 39.7 Å². The third kappa shape index (κ3) is 3.64. The van der Waals surface area contributed by atoms with Gasteiger partial charge in [0.25, 0.3) is 0 Å². The zero-order valence-electron chi connectivity index (χ0n) is 12.2. The molecular formula is C16H25ClN2. The SMILES string of the molecule is CCNC(C)c1ccc(N2CCC(C)CC2)cc1Cl. The molecular weight excluding hydrogens is 256 g/mol. The van der Waals surface area contributed by atoms with Gasteiger partial charge in [-0.1, -0.05) is 31.5 Å². The first kappa shape index (κ1) is 14.7. The van der Waals surface area contributed by atoms with Gasteiger partial charge in [-0.3, -0.25) is 0 Å². The summed E-state index contributed by atoms with van der Waals surface area (Å²) < 4.78 is 0. The van der Waals surface area contributed by atoms with Crippen LogP contribution in [0.3, 0.4) is 0 Å². The molecule has 1 N–H and O–H groups in total. The first-order valence-electron chi connectivity index (χ1n) is 7.39. The lowest BCUT2D eigenvalue weighted by atomic mass is 9.98. The van der Waals surface area contributed by atoms with E-state index >= 15 is 0 Å². The standard InChI is InChI=1S/C16H25ClN2/c1-4-18-13(3)15-6-5-14(11-16(15)17)19-9-7-12(2)8-10-19/h5-6,11-13,18H,4,7-10H2,1-3H3. The zero-order valence-corrected chi connectivity index (χ0v) is 13.0. The largest absolute Gasteiger partial charge is 0.371 e. The van der Waals surface area contributed by atoms with E-state index in [1.165, 1.54) is 24.1 Å². The third-order valence-corrected chi connectivity index (χ3v) is 4.44. The highest BCUT2D eigenvalue weighted by atomic mass is 35.5. The Morgan fingerprint density at radius 1 is 1.37 bits per heavy atom. The second-order valence-electron chi connectivity index (χ2n) is 5.65. The minimum atomic E-state index is 0.313. The minimum Gasteiger partial charge on any atom is -0.371 e. The van der Waals surface area contributed by atoms with Crippen LogP contribution in [0.2, 0.25) is 5.02 Å². The summed E-state index contributed by atoms with van der Waals surface area (Å²) in [6.07, 6.45) is 2.57. The Hall–Kier alpha value is -0.730. The van der Waals surface area contributed by atoms with Gasteiger partial charge in [0.2, 0.25) is 0 Å². The van der Waals surface area contributed by atoms with Gasteiger partial charge in [-0.05, 0) is 49.9 Å². The van der Waals surface area contributed by atoms with E-state index in [0.717, 1.165) is 30.6 Å². The van der Waals surface area contributed by atoms with Gasteiger partial charge in [-0.25, -0.2) is 0 Å². The van der Waals surface area contributed by atoms with Crippen LogP contribution in [0.5, 0.6) is 0 Å². The molecule has 1 heterocycles. The van der Waals surface area contributed by atoms with Crippen LogP contribution in [0.15, 0.2) is 18.2 Å². The van der Waals surface area contributed by atoms with E-state index in [9.17, 15) is 0 Å². The summed E-state index contributed by atoms with van der Waals surface area (Å²) in [5.41, 5.74) is 2.46. The lowest BCUT2D eigenvalue weighted by Gasteiger charge is -2.32. The summed E-state index contributed by atoms with van der Waals surface area (Å²) in [4.78, 5) is 2.45. The van der Waals surface area contributed by atoms with Crippen molar-refractivity contribution in [3.05, 3.63) is 28.8 Å². The Labute approximate surface area is 122 Å². The number of halogens is 1. The second-order valence-corrected chi connectivity index (χ2v) is 6.06. The van der Waals surface area contributed by atoms with E-state index in [2.05, 4.69) is 49.2 Å². The van der Waals surface area contributed by atoms with Gasteiger partial charge in [0.1, 0.15) is 0 Å². The van der Waals surface area contributed by atoms with Gasteiger partial charge < -0.3 is 10.2 Å². The molecule has 19 heavy (non-hydrogen) atoms. The van der Waals surface area contributed by atoms with Crippen molar-refractivity contribution in [1.29, 1.82) is 0 Å². The molecule has 2 rings (SSSR count). The predicted octanol–water partition coefficient (Wildman–Crippen LogP) is 4.25. The van der Waals surface area contributed by atoms with Crippen LogP contribution in [0.1, 0.15) is 45.2 Å². The number of nitrogens with zero attached hydrogens (tertiary/aromatic N) is 1. The summed E-state index contributed by atoms with van der Waals surface area (Å²) in [5, 5.41) is 4.29. The van der Waals surface area contributed by atoms with Crippen molar-refractivity contribution in [1.82, 2.24) is 5.32 Å². The van der Waals surface area contributed by atoms with Crippen molar-refractivity contribution < 1.29 is 0 Å². The van der Waals surface area contributed by atoms with E-state index in [1.807, 2.05) is 0 Å². The molecule has 3 heteroatoms. The fourth-order valence-electron chi connectivity index (χ4n) is 2.75. The second kappa shape index (κ2) is 6.62. The van der Waals surface area contributed by atoms with Crippen LogP contribution in [0.4, 0.5) is 5.69 Å². The van der Waals surface area contributed by atoms with Crippen molar-refractivity contribution in [2.24, 2.45) is 5.92 Å².